The van der Waals surface area contributed by atoms with Crippen molar-refractivity contribution in [3.8, 4) is 0 Å². The summed E-state index contributed by atoms with van der Waals surface area (Å²) in [5, 5.41) is 0. The van der Waals surface area contributed by atoms with Crippen molar-refractivity contribution in [2.24, 2.45) is 5.73 Å². The number of nitrogens with zero attached hydrogens (tertiary/aromatic N) is 2. The fourth-order valence-corrected chi connectivity index (χ4v) is 2.16. The number of likely N-dealkylation sites (N-methyl/N-ethyl adjacent to an activating group) is 1. The van der Waals surface area contributed by atoms with Gasteiger partial charge in [0.05, 0.1) is 5.54 Å². The van der Waals surface area contributed by atoms with Crippen molar-refractivity contribution in [2.45, 2.75) is 45.7 Å². The molecule has 1 aliphatic rings. The summed E-state index contributed by atoms with van der Waals surface area (Å²) in [5.74, 6) is 0.0950. The lowest BCUT2D eigenvalue weighted by Crippen LogP contribution is -2.60. The van der Waals surface area contributed by atoms with Crippen LogP contribution in [0.15, 0.2) is 0 Å². The first-order chi connectivity index (χ1) is 7.42. The number of amides is 1. The van der Waals surface area contributed by atoms with Crippen LogP contribution in [-0.2, 0) is 4.79 Å². The van der Waals surface area contributed by atoms with Crippen molar-refractivity contribution < 1.29 is 4.79 Å². The van der Waals surface area contributed by atoms with Gasteiger partial charge in [0, 0.05) is 25.7 Å². The summed E-state index contributed by atoms with van der Waals surface area (Å²) in [6.07, 6.45) is 0.689. The van der Waals surface area contributed by atoms with Crippen LogP contribution in [0.1, 0.15) is 34.1 Å². The summed E-state index contributed by atoms with van der Waals surface area (Å²) < 4.78 is 0. The van der Waals surface area contributed by atoms with Crippen LogP contribution in [0.25, 0.3) is 0 Å². The second kappa shape index (κ2) is 5.15. The Balaban J connectivity index is 2.61. The van der Waals surface area contributed by atoms with Crippen LogP contribution in [0.2, 0.25) is 0 Å². The number of nitrogens with two attached hydrogens (primary N) is 1. The van der Waals surface area contributed by atoms with Crippen molar-refractivity contribution >= 4 is 5.91 Å². The Labute approximate surface area is 98.8 Å². The van der Waals surface area contributed by atoms with Crippen LogP contribution >= 0.6 is 0 Å². The molecule has 0 aromatic carbocycles. The molecule has 1 rings (SSSR count). The van der Waals surface area contributed by atoms with Gasteiger partial charge in [-0.05, 0) is 26.8 Å². The van der Waals surface area contributed by atoms with Gasteiger partial charge in [-0.1, -0.05) is 13.8 Å². The van der Waals surface area contributed by atoms with Gasteiger partial charge in [-0.3, -0.25) is 9.69 Å². The lowest BCUT2D eigenvalue weighted by molar-refractivity contribution is -0.139. The quantitative estimate of drug-likeness (QED) is 0.771. The number of hydrogen-bond acceptors (Lipinski definition) is 3. The molecule has 2 unspecified atom stereocenters. The molecule has 0 bridgehead atoms. The lowest BCUT2D eigenvalue weighted by Gasteiger charge is -2.41. The Kier molecular flexibility index (Phi) is 4.33. The molecule has 0 aromatic heterocycles. The second-order valence-electron chi connectivity index (χ2n) is 5.00. The molecule has 0 aliphatic carbocycles. The second-order valence-corrected chi connectivity index (χ2v) is 5.00. The molecule has 0 aromatic rings. The van der Waals surface area contributed by atoms with Crippen molar-refractivity contribution in [1.82, 2.24) is 9.80 Å². The first-order valence-electron chi connectivity index (χ1n) is 6.24. The maximum atomic E-state index is 12.2. The third-order valence-electron chi connectivity index (χ3n) is 3.68. The minimum absolute atomic E-state index is 0.0950. The van der Waals surface area contributed by atoms with Crippen LogP contribution in [0.5, 0.6) is 0 Å². The van der Waals surface area contributed by atoms with Gasteiger partial charge in [-0.15, -0.1) is 0 Å². The van der Waals surface area contributed by atoms with Crippen LogP contribution < -0.4 is 5.73 Å². The Morgan fingerprint density at radius 3 is 2.50 bits per heavy atom. The van der Waals surface area contributed by atoms with E-state index in [0.29, 0.717) is 12.5 Å². The van der Waals surface area contributed by atoms with Gasteiger partial charge in [0.2, 0.25) is 5.91 Å². The lowest BCUT2D eigenvalue weighted by atomic mass is 9.97. The monoisotopic (exact) mass is 227 g/mol. The number of piperazine rings is 1. The molecule has 0 saturated carbocycles. The zero-order valence-corrected chi connectivity index (χ0v) is 11.0. The zero-order chi connectivity index (χ0) is 12.3. The fourth-order valence-electron chi connectivity index (χ4n) is 2.16. The molecule has 2 N–H and O–H groups in total. The average Bonchev–Trinajstić information content (AvgIpc) is 2.27. The Bertz CT molecular complexity index is 253. The highest BCUT2D eigenvalue weighted by Crippen LogP contribution is 2.15. The highest BCUT2D eigenvalue weighted by molar-refractivity contribution is 5.85. The van der Waals surface area contributed by atoms with E-state index in [2.05, 4.69) is 18.7 Å². The number of carbonyl (C=O) groups is 1. The van der Waals surface area contributed by atoms with E-state index in [1.165, 1.54) is 0 Å². The summed E-state index contributed by atoms with van der Waals surface area (Å²) in [7, 11) is 0. The topological polar surface area (TPSA) is 49.6 Å². The van der Waals surface area contributed by atoms with E-state index in [0.717, 1.165) is 26.2 Å². The molecule has 0 radical (unpaired) electrons. The molecular formula is C12H25N3O. The molecule has 0 spiro atoms. The first kappa shape index (κ1) is 13.5. The molecule has 16 heavy (non-hydrogen) atoms. The summed E-state index contributed by atoms with van der Waals surface area (Å²) in [5.41, 5.74) is 5.30. The number of rotatable bonds is 3. The van der Waals surface area contributed by atoms with Gasteiger partial charge in [0.1, 0.15) is 0 Å². The van der Waals surface area contributed by atoms with Crippen molar-refractivity contribution in [3.05, 3.63) is 0 Å². The van der Waals surface area contributed by atoms with E-state index in [1.807, 2.05) is 18.7 Å². The van der Waals surface area contributed by atoms with Gasteiger partial charge in [-0.25, -0.2) is 0 Å². The highest BCUT2D eigenvalue weighted by atomic mass is 16.2. The SMILES string of the molecule is CCN1CCN(C(=O)C(C)(N)CC)CC1C. The summed E-state index contributed by atoms with van der Waals surface area (Å²) in [6.45, 7) is 11.7. The first-order valence-corrected chi connectivity index (χ1v) is 6.24. The standard InChI is InChI=1S/C12H25N3O/c1-5-12(4,13)11(16)15-8-7-14(6-2)10(3)9-15/h10H,5-9,13H2,1-4H3. The van der Waals surface area contributed by atoms with E-state index >= 15 is 0 Å². The summed E-state index contributed by atoms with van der Waals surface area (Å²) in [6, 6.07) is 0.440. The molecule has 1 fully saturated rings. The predicted molar refractivity (Wildman–Crippen MR) is 66.2 cm³/mol. The molecule has 2 atom stereocenters. The van der Waals surface area contributed by atoms with E-state index in [9.17, 15) is 4.79 Å². The van der Waals surface area contributed by atoms with Crippen LogP contribution in [0.4, 0.5) is 0 Å². The fraction of sp³-hybridized carbons (Fsp3) is 0.917. The molecule has 4 heteroatoms. The summed E-state index contributed by atoms with van der Waals surface area (Å²) >= 11 is 0. The van der Waals surface area contributed by atoms with E-state index in [-0.39, 0.29) is 5.91 Å². The minimum Gasteiger partial charge on any atom is -0.338 e. The maximum absolute atomic E-state index is 12.2. The van der Waals surface area contributed by atoms with Gasteiger partial charge < -0.3 is 10.6 Å². The summed E-state index contributed by atoms with van der Waals surface area (Å²) in [4.78, 5) is 16.5. The normalized spacial score (nSPS) is 26.6. The van der Waals surface area contributed by atoms with E-state index < -0.39 is 5.54 Å². The predicted octanol–water partition coefficient (Wildman–Crippen LogP) is 0.666. The van der Waals surface area contributed by atoms with Crippen LogP contribution in [0.3, 0.4) is 0 Å². The minimum atomic E-state index is -0.700. The molecule has 1 aliphatic heterocycles. The molecule has 4 nitrogen and oxygen atoms in total. The average molecular weight is 227 g/mol. The molecule has 94 valence electrons. The Morgan fingerprint density at radius 2 is 2.06 bits per heavy atom. The third-order valence-corrected chi connectivity index (χ3v) is 3.68. The Morgan fingerprint density at radius 1 is 1.44 bits per heavy atom. The van der Waals surface area contributed by atoms with Crippen LogP contribution in [-0.4, -0.2) is 53.5 Å². The number of carbonyl (C=O) groups excluding carboxylic acids is 1. The van der Waals surface area contributed by atoms with Gasteiger partial charge in [-0.2, -0.15) is 0 Å². The molecule has 1 saturated heterocycles. The largest absolute Gasteiger partial charge is 0.338 e. The van der Waals surface area contributed by atoms with Gasteiger partial charge >= 0.3 is 0 Å². The molecule has 1 amide bonds. The maximum Gasteiger partial charge on any atom is 0.242 e. The van der Waals surface area contributed by atoms with Crippen molar-refractivity contribution in [3.63, 3.8) is 0 Å². The highest BCUT2D eigenvalue weighted by Gasteiger charge is 2.34. The smallest absolute Gasteiger partial charge is 0.242 e. The van der Waals surface area contributed by atoms with E-state index in [1.54, 1.807) is 0 Å². The van der Waals surface area contributed by atoms with Crippen LogP contribution in [0, 0.1) is 0 Å². The van der Waals surface area contributed by atoms with Gasteiger partial charge in [0.15, 0.2) is 0 Å². The van der Waals surface area contributed by atoms with Crippen molar-refractivity contribution in [1.29, 1.82) is 0 Å². The van der Waals surface area contributed by atoms with E-state index in [4.69, 9.17) is 5.73 Å². The Hall–Kier alpha value is -0.610. The molecule has 1 heterocycles. The van der Waals surface area contributed by atoms with Gasteiger partial charge in [0.25, 0.3) is 0 Å². The number of hydrogen-bond donors (Lipinski definition) is 1. The third kappa shape index (κ3) is 2.74. The molecular weight excluding hydrogens is 202 g/mol. The van der Waals surface area contributed by atoms with Crippen molar-refractivity contribution in [2.75, 3.05) is 26.2 Å². The zero-order valence-electron chi connectivity index (χ0n) is 11.0.